The first-order chi connectivity index (χ1) is 11.4. The van der Waals surface area contributed by atoms with Gasteiger partial charge in [-0.2, -0.15) is 0 Å². The van der Waals surface area contributed by atoms with Crippen LogP contribution in [-0.4, -0.2) is 53.7 Å². The Kier molecular flexibility index (Phi) is 5.74. The summed E-state index contributed by atoms with van der Waals surface area (Å²) < 4.78 is 5.52. The number of hydrogen-bond acceptors (Lipinski definition) is 3. The molecule has 0 aromatic rings. The minimum atomic E-state index is -0.390. The van der Waals surface area contributed by atoms with Gasteiger partial charge in [0.2, 0.25) is 0 Å². The van der Waals surface area contributed by atoms with Crippen molar-refractivity contribution in [3.05, 3.63) is 0 Å². The van der Waals surface area contributed by atoms with Gasteiger partial charge in [-0.05, 0) is 77.7 Å². The van der Waals surface area contributed by atoms with Gasteiger partial charge in [0.25, 0.3) is 0 Å². The maximum Gasteiger partial charge on any atom is 0.410 e. The van der Waals surface area contributed by atoms with Crippen LogP contribution in [0, 0.1) is 11.8 Å². The highest BCUT2D eigenvalue weighted by molar-refractivity contribution is 5.68. The van der Waals surface area contributed by atoms with Gasteiger partial charge in [0.05, 0.1) is 0 Å². The van der Waals surface area contributed by atoms with E-state index in [4.69, 9.17) is 4.74 Å². The molecule has 1 amide bonds. The zero-order chi connectivity index (χ0) is 17.2. The van der Waals surface area contributed by atoms with Crippen molar-refractivity contribution in [2.75, 3.05) is 26.2 Å². The highest BCUT2D eigenvalue weighted by Crippen LogP contribution is 2.35. The van der Waals surface area contributed by atoms with Crippen molar-refractivity contribution < 1.29 is 9.53 Å². The molecule has 1 aliphatic carbocycles. The van der Waals surface area contributed by atoms with Gasteiger partial charge in [-0.15, -0.1) is 0 Å². The molecule has 24 heavy (non-hydrogen) atoms. The number of piperidine rings is 2. The standard InChI is InChI=1S/C20H36N2O2/c1-20(2,3)24-19(23)21-13-10-16(11-14-21)17-7-6-12-22(15-17)18-8-4-5-9-18/h16-18H,4-15H2,1-3H3/t17-/m0/s1. The fourth-order valence-corrected chi connectivity index (χ4v) is 4.91. The first-order valence-corrected chi connectivity index (χ1v) is 10.1. The van der Waals surface area contributed by atoms with E-state index in [1.54, 1.807) is 0 Å². The molecule has 1 saturated carbocycles. The number of rotatable bonds is 2. The van der Waals surface area contributed by atoms with Gasteiger partial charge in [0, 0.05) is 25.7 Å². The Morgan fingerprint density at radius 1 is 0.875 bits per heavy atom. The van der Waals surface area contributed by atoms with Crippen LogP contribution in [0.15, 0.2) is 0 Å². The van der Waals surface area contributed by atoms with Crippen LogP contribution < -0.4 is 0 Å². The number of nitrogens with zero attached hydrogens (tertiary/aromatic N) is 2. The quantitative estimate of drug-likeness (QED) is 0.754. The maximum absolute atomic E-state index is 12.2. The Balaban J connectivity index is 1.46. The summed E-state index contributed by atoms with van der Waals surface area (Å²) in [5.74, 6) is 1.65. The molecule has 3 rings (SSSR count). The highest BCUT2D eigenvalue weighted by atomic mass is 16.6. The second kappa shape index (κ2) is 7.63. The summed E-state index contributed by atoms with van der Waals surface area (Å²) in [5.41, 5.74) is -0.390. The topological polar surface area (TPSA) is 32.8 Å². The van der Waals surface area contributed by atoms with Crippen LogP contribution >= 0.6 is 0 Å². The Bertz CT molecular complexity index is 418. The Morgan fingerprint density at radius 3 is 2.17 bits per heavy atom. The smallest absolute Gasteiger partial charge is 0.410 e. The molecular weight excluding hydrogens is 300 g/mol. The lowest BCUT2D eigenvalue weighted by Crippen LogP contribution is -2.47. The number of ether oxygens (including phenoxy) is 1. The Hall–Kier alpha value is -0.770. The van der Waals surface area contributed by atoms with Crippen LogP contribution in [0.4, 0.5) is 4.79 Å². The highest BCUT2D eigenvalue weighted by Gasteiger charge is 2.34. The van der Waals surface area contributed by atoms with Gasteiger partial charge >= 0.3 is 6.09 Å². The predicted octanol–water partition coefficient (Wildman–Crippen LogP) is 4.29. The molecule has 0 N–H and O–H groups in total. The number of hydrogen-bond donors (Lipinski definition) is 0. The third kappa shape index (κ3) is 4.65. The van der Waals surface area contributed by atoms with E-state index in [0.717, 1.165) is 43.8 Å². The van der Waals surface area contributed by atoms with Gasteiger partial charge in [-0.25, -0.2) is 4.79 Å². The molecular formula is C20H36N2O2. The minimum absolute atomic E-state index is 0.128. The lowest BCUT2D eigenvalue weighted by molar-refractivity contribution is 0.0114. The molecule has 0 radical (unpaired) electrons. The fraction of sp³-hybridized carbons (Fsp3) is 0.950. The van der Waals surface area contributed by atoms with Gasteiger partial charge in [-0.3, -0.25) is 0 Å². The molecule has 0 bridgehead atoms. The number of amides is 1. The Morgan fingerprint density at radius 2 is 1.54 bits per heavy atom. The van der Waals surface area contributed by atoms with Crippen molar-refractivity contribution in [1.29, 1.82) is 0 Å². The van der Waals surface area contributed by atoms with Crippen molar-refractivity contribution in [1.82, 2.24) is 9.80 Å². The second-order valence-electron chi connectivity index (χ2n) is 9.14. The molecule has 4 heteroatoms. The average Bonchev–Trinajstić information content (AvgIpc) is 3.08. The molecule has 3 aliphatic rings. The van der Waals surface area contributed by atoms with Crippen molar-refractivity contribution in [2.45, 2.75) is 83.8 Å². The van der Waals surface area contributed by atoms with Gasteiger partial charge < -0.3 is 14.5 Å². The van der Waals surface area contributed by atoms with Crippen molar-refractivity contribution in [3.63, 3.8) is 0 Å². The molecule has 0 unspecified atom stereocenters. The van der Waals surface area contributed by atoms with Crippen LogP contribution in [0.2, 0.25) is 0 Å². The lowest BCUT2D eigenvalue weighted by Gasteiger charge is -2.42. The van der Waals surface area contributed by atoms with E-state index in [1.807, 2.05) is 25.7 Å². The first kappa shape index (κ1) is 18.0. The van der Waals surface area contributed by atoms with E-state index < -0.39 is 0 Å². The lowest BCUT2D eigenvalue weighted by atomic mass is 9.79. The fourth-order valence-electron chi connectivity index (χ4n) is 4.91. The van der Waals surface area contributed by atoms with Gasteiger partial charge in [0.1, 0.15) is 5.60 Å². The molecule has 0 aromatic carbocycles. The molecule has 2 saturated heterocycles. The normalized spacial score (nSPS) is 28.3. The van der Waals surface area contributed by atoms with E-state index in [0.29, 0.717) is 0 Å². The van der Waals surface area contributed by atoms with Gasteiger partial charge in [-0.1, -0.05) is 12.8 Å². The van der Waals surface area contributed by atoms with Gasteiger partial charge in [0.15, 0.2) is 0 Å². The SMILES string of the molecule is CC(C)(C)OC(=O)N1CCC([C@H]2CCCN(C3CCCC3)C2)CC1. The summed E-state index contributed by atoms with van der Waals surface area (Å²) in [6.07, 6.45) is 10.6. The summed E-state index contributed by atoms with van der Waals surface area (Å²) in [5, 5.41) is 0. The van der Waals surface area contributed by atoms with E-state index >= 15 is 0 Å². The third-order valence-electron chi connectivity index (χ3n) is 6.19. The molecule has 0 aromatic heterocycles. The van der Waals surface area contributed by atoms with Crippen molar-refractivity contribution >= 4 is 6.09 Å². The second-order valence-corrected chi connectivity index (χ2v) is 9.14. The van der Waals surface area contributed by atoms with E-state index in [1.165, 1.54) is 51.6 Å². The monoisotopic (exact) mass is 336 g/mol. The summed E-state index contributed by atoms with van der Waals surface area (Å²) >= 11 is 0. The average molecular weight is 337 g/mol. The zero-order valence-electron chi connectivity index (χ0n) is 15.9. The molecule has 3 fully saturated rings. The molecule has 4 nitrogen and oxygen atoms in total. The Labute approximate surface area is 147 Å². The number of carbonyl (C=O) groups is 1. The van der Waals surface area contributed by atoms with Crippen LogP contribution in [0.1, 0.15) is 72.1 Å². The van der Waals surface area contributed by atoms with E-state index in [2.05, 4.69) is 4.90 Å². The summed E-state index contributed by atoms with van der Waals surface area (Å²) in [6.45, 7) is 10.2. The van der Waals surface area contributed by atoms with E-state index in [-0.39, 0.29) is 11.7 Å². The molecule has 138 valence electrons. The van der Waals surface area contributed by atoms with Crippen LogP contribution in [0.3, 0.4) is 0 Å². The van der Waals surface area contributed by atoms with E-state index in [9.17, 15) is 4.79 Å². The molecule has 1 atom stereocenters. The largest absolute Gasteiger partial charge is 0.444 e. The van der Waals surface area contributed by atoms with Crippen molar-refractivity contribution in [2.24, 2.45) is 11.8 Å². The molecule has 2 heterocycles. The molecule has 2 aliphatic heterocycles. The van der Waals surface area contributed by atoms with Crippen LogP contribution in [-0.2, 0) is 4.74 Å². The van der Waals surface area contributed by atoms with Crippen LogP contribution in [0.25, 0.3) is 0 Å². The maximum atomic E-state index is 12.2. The predicted molar refractivity (Wildman–Crippen MR) is 97.1 cm³/mol. The zero-order valence-corrected chi connectivity index (χ0v) is 15.9. The van der Waals surface area contributed by atoms with Crippen LogP contribution in [0.5, 0.6) is 0 Å². The number of likely N-dealkylation sites (tertiary alicyclic amines) is 2. The molecule has 0 spiro atoms. The third-order valence-corrected chi connectivity index (χ3v) is 6.19. The summed E-state index contributed by atoms with van der Waals surface area (Å²) in [7, 11) is 0. The first-order valence-electron chi connectivity index (χ1n) is 10.1. The summed E-state index contributed by atoms with van der Waals surface area (Å²) in [6, 6.07) is 0.870. The summed E-state index contributed by atoms with van der Waals surface area (Å²) in [4.78, 5) is 16.9. The van der Waals surface area contributed by atoms with Crippen molar-refractivity contribution in [3.8, 4) is 0 Å². The minimum Gasteiger partial charge on any atom is -0.444 e. The number of carbonyl (C=O) groups excluding carboxylic acids is 1.